The Hall–Kier alpha value is -1.00. The van der Waals surface area contributed by atoms with Gasteiger partial charge in [-0.05, 0) is 57.1 Å². The van der Waals surface area contributed by atoms with E-state index in [0.717, 1.165) is 56.8 Å². The van der Waals surface area contributed by atoms with Crippen molar-refractivity contribution < 1.29 is 4.74 Å². The zero-order chi connectivity index (χ0) is 12.5. The lowest BCUT2D eigenvalue weighted by molar-refractivity contribution is 0.104. The second kappa shape index (κ2) is 4.94. The number of aromatic nitrogens is 2. The molecular formula is C14H21N3O. The first-order chi connectivity index (χ1) is 8.78. The van der Waals surface area contributed by atoms with Crippen molar-refractivity contribution in [3.05, 3.63) is 22.8 Å². The van der Waals surface area contributed by atoms with Crippen LogP contribution in [-0.2, 0) is 17.6 Å². The minimum atomic E-state index is 0.126. The SMILES string of the molecule is Cc1nc(C2CCCO2)nc2c1CC(CN)CC2. The maximum atomic E-state index is 5.78. The number of hydrogen-bond acceptors (Lipinski definition) is 4. The van der Waals surface area contributed by atoms with Crippen LogP contribution >= 0.6 is 0 Å². The van der Waals surface area contributed by atoms with Crippen LogP contribution in [0.5, 0.6) is 0 Å². The average Bonchev–Trinajstić information content (AvgIpc) is 2.92. The van der Waals surface area contributed by atoms with Crippen molar-refractivity contribution in [2.45, 2.75) is 45.1 Å². The van der Waals surface area contributed by atoms with E-state index < -0.39 is 0 Å². The predicted octanol–water partition coefficient (Wildman–Crippen LogP) is 1.70. The molecule has 4 nitrogen and oxygen atoms in total. The Morgan fingerprint density at radius 3 is 2.94 bits per heavy atom. The Morgan fingerprint density at radius 2 is 2.22 bits per heavy atom. The predicted molar refractivity (Wildman–Crippen MR) is 69.3 cm³/mol. The molecule has 0 radical (unpaired) electrons. The number of fused-ring (bicyclic) bond motifs is 1. The fourth-order valence-electron chi connectivity index (χ4n) is 3.01. The van der Waals surface area contributed by atoms with Gasteiger partial charge in [0.05, 0.1) is 0 Å². The van der Waals surface area contributed by atoms with Crippen LogP contribution in [0.2, 0.25) is 0 Å². The lowest BCUT2D eigenvalue weighted by Gasteiger charge is -2.24. The molecule has 1 fully saturated rings. The largest absolute Gasteiger partial charge is 0.370 e. The third kappa shape index (κ3) is 2.15. The first kappa shape index (κ1) is 12.1. The minimum absolute atomic E-state index is 0.126. The first-order valence-corrected chi connectivity index (χ1v) is 6.96. The van der Waals surface area contributed by atoms with Crippen molar-refractivity contribution in [2.75, 3.05) is 13.2 Å². The van der Waals surface area contributed by atoms with Crippen molar-refractivity contribution in [3.63, 3.8) is 0 Å². The Balaban J connectivity index is 1.90. The van der Waals surface area contributed by atoms with E-state index in [2.05, 4.69) is 11.9 Å². The maximum Gasteiger partial charge on any atom is 0.157 e. The van der Waals surface area contributed by atoms with Gasteiger partial charge in [0, 0.05) is 18.0 Å². The van der Waals surface area contributed by atoms with Crippen molar-refractivity contribution >= 4 is 0 Å². The summed E-state index contributed by atoms with van der Waals surface area (Å²) >= 11 is 0. The van der Waals surface area contributed by atoms with E-state index in [1.165, 1.54) is 11.3 Å². The van der Waals surface area contributed by atoms with Crippen molar-refractivity contribution in [1.82, 2.24) is 9.97 Å². The van der Waals surface area contributed by atoms with Crippen molar-refractivity contribution in [2.24, 2.45) is 11.7 Å². The van der Waals surface area contributed by atoms with Gasteiger partial charge in [0.15, 0.2) is 5.82 Å². The highest BCUT2D eigenvalue weighted by molar-refractivity contribution is 5.28. The molecule has 2 N–H and O–H groups in total. The molecule has 2 atom stereocenters. The third-order valence-corrected chi connectivity index (χ3v) is 4.15. The summed E-state index contributed by atoms with van der Waals surface area (Å²) in [5.41, 5.74) is 9.47. The summed E-state index contributed by atoms with van der Waals surface area (Å²) in [6.45, 7) is 3.71. The zero-order valence-electron chi connectivity index (χ0n) is 11.0. The topological polar surface area (TPSA) is 61.0 Å². The molecule has 2 unspecified atom stereocenters. The van der Waals surface area contributed by atoms with Gasteiger partial charge in [-0.2, -0.15) is 0 Å². The third-order valence-electron chi connectivity index (χ3n) is 4.15. The maximum absolute atomic E-state index is 5.78. The normalized spacial score (nSPS) is 27.2. The molecule has 1 aliphatic carbocycles. The van der Waals surface area contributed by atoms with E-state index in [1.54, 1.807) is 0 Å². The summed E-state index contributed by atoms with van der Waals surface area (Å²) in [6.07, 6.45) is 5.55. The Kier molecular flexibility index (Phi) is 3.31. The number of nitrogens with zero attached hydrogens (tertiary/aromatic N) is 2. The van der Waals surface area contributed by atoms with Crippen LogP contribution in [-0.4, -0.2) is 23.1 Å². The smallest absolute Gasteiger partial charge is 0.157 e. The van der Waals surface area contributed by atoms with E-state index in [4.69, 9.17) is 15.5 Å². The van der Waals surface area contributed by atoms with Crippen LogP contribution in [0.15, 0.2) is 0 Å². The molecule has 0 spiro atoms. The first-order valence-electron chi connectivity index (χ1n) is 6.96. The molecule has 2 heterocycles. The molecule has 1 aliphatic heterocycles. The molecule has 0 aromatic carbocycles. The number of rotatable bonds is 2. The van der Waals surface area contributed by atoms with E-state index in [9.17, 15) is 0 Å². The highest BCUT2D eigenvalue weighted by Crippen LogP contribution is 2.30. The molecule has 0 bridgehead atoms. The van der Waals surface area contributed by atoms with E-state index in [-0.39, 0.29) is 6.10 Å². The van der Waals surface area contributed by atoms with Crippen molar-refractivity contribution in [1.29, 1.82) is 0 Å². The molecule has 0 amide bonds. The van der Waals surface area contributed by atoms with Crippen LogP contribution in [0.3, 0.4) is 0 Å². The summed E-state index contributed by atoms with van der Waals surface area (Å²) in [4.78, 5) is 9.41. The number of ether oxygens (including phenoxy) is 1. The highest BCUT2D eigenvalue weighted by Gasteiger charge is 2.26. The van der Waals surface area contributed by atoms with Gasteiger partial charge in [-0.25, -0.2) is 9.97 Å². The summed E-state index contributed by atoms with van der Waals surface area (Å²) in [5.74, 6) is 1.50. The second-order valence-electron chi connectivity index (χ2n) is 5.44. The van der Waals surface area contributed by atoms with Crippen LogP contribution < -0.4 is 5.73 Å². The summed E-state index contributed by atoms with van der Waals surface area (Å²) in [6, 6.07) is 0. The van der Waals surface area contributed by atoms with Gasteiger partial charge in [0.1, 0.15) is 6.10 Å². The molecule has 1 aromatic rings. The van der Waals surface area contributed by atoms with Crippen LogP contribution in [0.25, 0.3) is 0 Å². The molecule has 3 rings (SSSR count). The fourth-order valence-corrected chi connectivity index (χ4v) is 3.01. The van der Waals surface area contributed by atoms with Gasteiger partial charge in [0.2, 0.25) is 0 Å². The molecule has 0 saturated carbocycles. The summed E-state index contributed by atoms with van der Waals surface area (Å²) in [7, 11) is 0. The fraction of sp³-hybridized carbons (Fsp3) is 0.714. The standard InChI is InChI=1S/C14H21N3O/c1-9-11-7-10(8-15)4-5-12(11)17-14(16-9)13-3-2-6-18-13/h10,13H,2-8,15H2,1H3. The average molecular weight is 247 g/mol. The van der Waals surface area contributed by atoms with Gasteiger partial charge in [-0.1, -0.05) is 0 Å². The van der Waals surface area contributed by atoms with Crippen LogP contribution in [0, 0.1) is 12.8 Å². The van der Waals surface area contributed by atoms with Gasteiger partial charge >= 0.3 is 0 Å². The molecular weight excluding hydrogens is 226 g/mol. The Morgan fingerprint density at radius 1 is 1.33 bits per heavy atom. The van der Waals surface area contributed by atoms with Gasteiger partial charge < -0.3 is 10.5 Å². The lowest BCUT2D eigenvalue weighted by Crippen LogP contribution is -2.25. The molecule has 1 saturated heterocycles. The zero-order valence-corrected chi connectivity index (χ0v) is 11.0. The van der Waals surface area contributed by atoms with E-state index in [0.29, 0.717) is 5.92 Å². The minimum Gasteiger partial charge on any atom is -0.370 e. The second-order valence-corrected chi connectivity index (χ2v) is 5.44. The number of aryl methyl sites for hydroxylation is 2. The lowest BCUT2D eigenvalue weighted by atomic mass is 9.86. The van der Waals surface area contributed by atoms with E-state index >= 15 is 0 Å². The van der Waals surface area contributed by atoms with E-state index in [1.807, 2.05) is 0 Å². The Bertz CT molecular complexity index is 441. The molecule has 1 aromatic heterocycles. The van der Waals surface area contributed by atoms with Crippen molar-refractivity contribution in [3.8, 4) is 0 Å². The summed E-state index contributed by atoms with van der Waals surface area (Å²) in [5, 5.41) is 0. The highest BCUT2D eigenvalue weighted by atomic mass is 16.5. The van der Waals surface area contributed by atoms with Gasteiger partial charge in [-0.3, -0.25) is 0 Å². The van der Waals surface area contributed by atoms with Crippen LogP contribution in [0.1, 0.15) is 48.1 Å². The molecule has 18 heavy (non-hydrogen) atoms. The number of hydrogen-bond donors (Lipinski definition) is 1. The molecule has 4 heteroatoms. The summed E-state index contributed by atoms with van der Waals surface area (Å²) < 4.78 is 5.68. The van der Waals surface area contributed by atoms with Gasteiger partial charge in [0.25, 0.3) is 0 Å². The molecule has 98 valence electrons. The van der Waals surface area contributed by atoms with Crippen LogP contribution in [0.4, 0.5) is 0 Å². The Labute approximate surface area is 108 Å². The quantitative estimate of drug-likeness (QED) is 0.864. The van der Waals surface area contributed by atoms with Gasteiger partial charge in [-0.15, -0.1) is 0 Å². The molecule has 2 aliphatic rings. The number of nitrogens with two attached hydrogens (primary N) is 1. The monoisotopic (exact) mass is 247 g/mol.